The summed E-state index contributed by atoms with van der Waals surface area (Å²) in [5.41, 5.74) is 2.43. The van der Waals surface area contributed by atoms with Gasteiger partial charge in [-0.25, -0.2) is 8.42 Å². The largest absolute Gasteiger partial charge is 0.387 e. The average Bonchev–Trinajstić information content (AvgIpc) is 2.54. The van der Waals surface area contributed by atoms with Crippen LogP contribution >= 0.6 is 11.6 Å². The molecule has 0 saturated heterocycles. The van der Waals surface area contributed by atoms with E-state index in [0.717, 1.165) is 11.3 Å². The highest BCUT2D eigenvalue weighted by atomic mass is 35.5. The van der Waals surface area contributed by atoms with Crippen LogP contribution in [0.3, 0.4) is 0 Å². The van der Waals surface area contributed by atoms with Crippen LogP contribution in [-0.2, 0) is 17.2 Å². The standard InChI is InChI=1S/C16H18ClNO3S/c17-10-16(19)14-7-4-8-15(9-14)18(12-22(20)21)11-13-5-2-1-3-6-13/h1-9,16,19,22H,10-12H2. The van der Waals surface area contributed by atoms with Gasteiger partial charge in [0.15, 0.2) is 10.7 Å². The lowest BCUT2D eigenvalue weighted by atomic mass is 10.1. The Kier molecular flexibility index (Phi) is 6.24. The number of alkyl halides is 1. The topological polar surface area (TPSA) is 57.6 Å². The van der Waals surface area contributed by atoms with Gasteiger partial charge in [0.1, 0.15) is 5.88 Å². The lowest BCUT2D eigenvalue weighted by Gasteiger charge is -2.23. The van der Waals surface area contributed by atoms with E-state index < -0.39 is 16.8 Å². The molecule has 22 heavy (non-hydrogen) atoms. The Morgan fingerprint density at radius 2 is 1.82 bits per heavy atom. The van der Waals surface area contributed by atoms with Gasteiger partial charge >= 0.3 is 0 Å². The van der Waals surface area contributed by atoms with Crippen LogP contribution in [0.4, 0.5) is 5.69 Å². The van der Waals surface area contributed by atoms with Gasteiger partial charge in [0.05, 0.1) is 12.0 Å². The first-order chi connectivity index (χ1) is 10.6. The number of hydrogen-bond donors (Lipinski definition) is 2. The number of aliphatic hydroxyl groups excluding tert-OH is 1. The van der Waals surface area contributed by atoms with Crippen LogP contribution in [0.2, 0.25) is 0 Å². The minimum atomic E-state index is -2.55. The maximum absolute atomic E-state index is 11.2. The van der Waals surface area contributed by atoms with Crippen molar-refractivity contribution < 1.29 is 13.5 Å². The molecule has 0 saturated carbocycles. The smallest absolute Gasteiger partial charge is 0.158 e. The Balaban J connectivity index is 2.28. The molecule has 1 N–H and O–H groups in total. The van der Waals surface area contributed by atoms with E-state index >= 15 is 0 Å². The first kappa shape index (κ1) is 16.8. The summed E-state index contributed by atoms with van der Waals surface area (Å²) in [5, 5.41) is 9.84. The number of hydrogen-bond acceptors (Lipinski definition) is 4. The summed E-state index contributed by atoms with van der Waals surface area (Å²) < 4.78 is 22.3. The molecule has 0 aromatic heterocycles. The summed E-state index contributed by atoms with van der Waals surface area (Å²) in [6.45, 7) is 0.477. The molecule has 0 aliphatic carbocycles. The van der Waals surface area contributed by atoms with Gasteiger partial charge in [-0.15, -0.1) is 11.6 Å². The number of thiol groups is 1. The van der Waals surface area contributed by atoms with Crippen LogP contribution in [-0.4, -0.2) is 25.3 Å². The molecule has 118 valence electrons. The molecule has 2 aromatic rings. The van der Waals surface area contributed by atoms with E-state index in [-0.39, 0.29) is 11.8 Å². The van der Waals surface area contributed by atoms with Crippen molar-refractivity contribution in [2.75, 3.05) is 16.7 Å². The molecule has 1 unspecified atom stereocenters. The first-order valence-corrected chi connectivity index (χ1v) is 8.74. The fourth-order valence-electron chi connectivity index (χ4n) is 2.18. The summed E-state index contributed by atoms with van der Waals surface area (Å²) in [6.07, 6.45) is -0.763. The van der Waals surface area contributed by atoms with E-state index in [9.17, 15) is 13.5 Å². The number of anilines is 1. The third kappa shape index (κ3) is 4.73. The predicted molar refractivity (Wildman–Crippen MR) is 89.9 cm³/mol. The molecule has 0 spiro atoms. The number of rotatable bonds is 7. The maximum Gasteiger partial charge on any atom is 0.158 e. The highest BCUT2D eigenvalue weighted by Gasteiger charge is 2.12. The molecule has 0 radical (unpaired) electrons. The van der Waals surface area contributed by atoms with Gasteiger partial charge in [-0.1, -0.05) is 42.5 Å². The molecule has 0 aliphatic rings. The second-order valence-corrected chi connectivity index (χ2v) is 6.18. The molecule has 1 atom stereocenters. The molecule has 2 aromatic carbocycles. The lowest BCUT2D eigenvalue weighted by molar-refractivity contribution is 0.202. The fourth-order valence-corrected chi connectivity index (χ4v) is 2.90. The Bertz CT molecular complexity index is 668. The van der Waals surface area contributed by atoms with E-state index in [1.165, 1.54) is 0 Å². The van der Waals surface area contributed by atoms with Gasteiger partial charge < -0.3 is 10.0 Å². The highest BCUT2D eigenvalue weighted by Crippen LogP contribution is 2.23. The Morgan fingerprint density at radius 1 is 1.09 bits per heavy atom. The van der Waals surface area contributed by atoms with Crippen LogP contribution in [0.15, 0.2) is 54.6 Å². The van der Waals surface area contributed by atoms with Gasteiger partial charge in [-0.2, -0.15) is 0 Å². The average molecular weight is 340 g/mol. The minimum Gasteiger partial charge on any atom is -0.387 e. The number of benzene rings is 2. The van der Waals surface area contributed by atoms with Gasteiger partial charge in [0, 0.05) is 12.2 Å². The van der Waals surface area contributed by atoms with Crippen molar-refractivity contribution in [3.8, 4) is 0 Å². The zero-order valence-electron chi connectivity index (χ0n) is 11.9. The second kappa shape index (κ2) is 8.17. The van der Waals surface area contributed by atoms with Crippen molar-refractivity contribution in [3.05, 3.63) is 65.7 Å². The summed E-state index contributed by atoms with van der Waals surface area (Å²) in [6, 6.07) is 16.8. The third-order valence-corrected chi connectivity index (χ3v) is 4.13. The van der Waals surface area contributed by atoms with E-state index in [1.54, 1.807) is 23.1 Å². The molecular formula is C16H18ClNO3S. The highest BCUT2D eigenvalue weighted by molar-refractivity contribution is 7.72. The summed E-state index contributed by atoms with van der Waals surface area (Å²) in [7, 11) is -2.55. The fraction of sp³-hybridized carbons (Fsp3) is 0.250. The molecule has 6 heteroatoms. The predicted octanol–water partition coefficient (Wildman–Crippen LogP) is 2.53. The summed E-state index contributed by atoms with van der Waals surface area (Å²) in [4.78, 5) is 1.76. The van der Waals surface area contributed by atoms with Crippen molar-refractivity contribution in [1.29, 1.82) is 0 Å². The molecule has 0 fully saturated rings. The molecule has 0 amide bonds. The van der Waals surface area contributed by atoms with Crippen molar-refractivity contribution in [3.63, 3.8) is 0 Å². The molecule has 2 rings (SSSR count). The molecule has 0 heterocycles. The SMILES string of the molecule is O=[SH](=O)CN(Cc1ccccc1)c1cccc(C(O)CCl)c1. The van der Waals surface area contributed by atoms with Crippen molar-refractivity contribution in [2.24, 2.45) is 0 Å². The number of nitrogens with zero attached hydrogens (tertiary/aromatic N) is 1. The normalized spacial score (nSPS) is 12.3. The van der Waals surface area contributed by atoms with Crippen molar-refractivity contribution in [1.82, 2.24) is 0 Å². The summed E-state index contributed by atoms with van der Waals surface area (Å²) in [5.74, 6) is 0.0165. The molecular weight excluding hydrogens is 322 g/mol. The Labute approximate surface area is 136 Å². The van der Waals surface area contributed by atoms with Crippen molar-refractivity contribution >= 4 is 28.0 Å². The Morgan fingerprint density at radius 3 is 2.45 bits per heavy atom. The van der Waals surface area contributed by atoms with Crippen LogP contribution in [0, 0.1) is 0 Å². The number of aliphatic hydroxyl groups is 1. The zero-order valence-corrected chi connectivity index (χ0v) is 13.6. The van der Waals surface area contributed by atoms with E-state index in [2.05, 4.69) is 0 Å². The van der Waals surface area contributed by atoms with Crippen LogP contribution in [0.25, 0.3) is 0 Å². The van der Waals surface area contributed by atoms with Gasteiger partial charge in [0.2, 0.25) is 0 Å². The molecule has 0 aliphatic heterocycles. The number of halogens is 1. The van der Waals surface area contributed by atoms with Crippen LogP contribution in [0.1, 0.15) is 17.2 Å². The zero-order chi connectivity index (χ0) is 15.9. The van der Waals surface area contributed by atoms with Crippen molar-refractivity contribution in [2.45, 2.75) is 12.6 Å². The monoisotopic (exact) mass is 339 g/mol. The van der Waals surface area contributed by atoms with Gasteiger partial charge in [-0.3, -0.25) is 0 Å². The molecule has 4 nitrogen and oxygen atoms in total. The van der Waals surface area contributed by atoms with E-state index in [4.69, 9.17) is 11.6 Å². The quantitative estimate of drug-likeness (QED) is 0.601. The van der Waals surface area contributed by atoms with E-state index in [0.29, 0.717) is 12.1 Å². The van der Waals surface area contributed by atoms with Gasteiger partial charge in [-0.05, 0) is 23.3 Å². The van der Waals surface area contributed by atoms with Crippen LogP contribution < -0.4 is 4.90 Å². The lowest BCUT2D eigenvalue weighted by Crippen LogP contribution is -2.24. The summed E-state index contributed by atoms with van der Waals surface area (Å²) >= 11 is 5.67. The maximum atomic E-state index is 11.2. The minimum absolute atomic E-state index is 0.0787. The third-order valence-electron chi connectivity index (χ3n) is 3.27. The van der Waals surface area contributed by atoms with Crippen LogP contribution in [0.5, 0.6) is 0 Å². The Hall–Kier alpha value is -1.56. The first-order valence-electron chi connectivity index (χ1n) is 6.85. The van der Waals surface area contributed by atoms with Gasteiger partial charge in [0.25, 0.3) is 0 Å². The second-order valence-electron chi connectivity index (χ2n) is 4.92. The van der Waals surface area contributed by atoms with E-state index in [1.807, 2.05) is 36.4 Å². The molecule has 0 bridgehead atoms.